The molecule has 0 aliphatic rings. The van der Waals surface area contributed by atoms with Gasteiger partial charge in [0.05, 0.1) is 0 Å². The minimum atomic E-state index is -5.13. The van der Waals surface area contributed by atoms with E-state index >= 15 is 0 Å². The van der Waals surface area contributed by atoms with Crippen LogP contribution in [0.1, 0.15) is 0 Å². The van der Waals surface area contributed by atoms with Crippen molar-refractivity contribution in [2.24, 2.45) is 0 Å². The molecule has 9 nitrogen and oxygen atoms in total. The average molecular weight is 467 g/mol. The van der Waals surface area contributed by atoms with Crippen molar-refractivity contribution in [2.75, 3.05) is 0 Å². The second kappa shape index (κ2) is 23.7. The van der Waals surface area contributed by atoms with Gasteiger partial charge in [0.1, 0.15) is 0 Å². The Kier molecular flexibility index (Phi) is 59.7. The molecule has 4 N–H and O–H groups in total. The van der Waals surface area contributed by atoms with Crippen LogP contribution >= 0.6 is 15.6 Å². The summed E-state index contributed by atoms with van der Waals surface area (Å²) >= 11 is 0. The van der Waals surface area contributed by atoms with Gasteiger partial charge in [-0.1, -0.05) is 0 Å². The predicted molar refractivity (Wildman–Crippen MR) is 77.3 cm³/mol. The molecule has 0 aromatic carbocycles. The third-order valence-corrected chi connectivity index (χ3v) is 1.16. The van der Waals surface area contributed by atoms with Crippen LogP contribution in [0.4, 0.5) is 4.79 Å². The Bertz CT molecular complexity index is 250. The van der Waals surface area contributed by atoms with Crippen molar-refractivity contribution in [3.05, 3.63) is 0 Å². The molecule has 0 amide bonds. The average Bonchev–Trinajstić information content (AvgIpc) is 1.49. The molecule has 0 spiro atoms. The maximum atomic E-state index is 10.0. The quantitative estimate of drug-likeness (QED) is 0.231. The van der Waals surface area contributed by atoms with E-state index in [0.717, 1.165) is 0 Å². The van der Waals surface area contributed by atoms with Crippen LogP contribution in [0.5, 0.6) is 0 Å². The molecule has 88 valence electrons. The van der Waals surface area contributed by atoms with Crippen LogP contribution in [-0.4, -0.2) is 307 Å². The van der Waals surface area contributed by atoms with E-state index in [1.807, 2.05) is 0 Å². The second-order valence-electron chi connectivity index (χ2n) is 1.41. The van der Waals surface area contributed by atoms with Crippen LogP contribution in [0.3, 0.4) is 0 Å². The summed E-state index contributed by atoms with van der Waals surface area (Å²) < 4.78 is 25.9. The first kappa shape index (κ1) is 45.4. The minimum absolute atomic E-state index is 0. The maximum absolute atomic E-state index is 10.0. The van der Waals surface area contributed by atoms with Crippen molar-refractivity contribution in [1.29, 1.82) is 0 Å². The Labute approximate surface area is 333 Å². The summed E-state index contributed by atoms with van der Waals surface area (Å²) in [6.45, 7) is 0. The first-order valence-electron chi connectivity index (χ1n) is 2.14. The normalized spacial score (nSPS) is 8.22. The molecule has 0 bridgehead atoms. The van der Waals surface area contributed by atoms with E-state index < -0.39 is 21.8 Å². The summed E-state index contributed by atoms with van der Waals surface area (Å²) in [5.41, 5.74) is 0. The number of phosphoric acid groups is 2. The summed E-state index contributed by atoms with van der Waals surface area (Å²) in [7, 11) is -10.3. The third kappa shape index (κ3) is 39.6. The van der Waals surface area contributed by atoms with Gasteiger partial charge in [0, 0.05) is 0 Å². The van der Waals surface area contributed by atoms with E-state index in [4.69, 9.17) is 19.6 Å². The van der Waals surface area contributed by atoms with Crippen molar-refractivity contribution >= 4 is 303 Å². The van der Waals surface area contributed by atoms with Crippen molar-refractivity contribution in [3.63, 3.8) is 0 Å². The first-order chi connectivity index (χ1) is 5.10. The van der Waals surface area contributed by atoms with E-state index in [2.05, 4.69) is 9.05 Å². The summed E-state index contributed by atoms with van der Waals surface area (Å²) in [4.78, 5) is 41.7. The number of hydrogen-bond acceptors (Lipinski definition) is 5. The van der Waals surface area contributed by atoms with Crippen molar-refractivity contribution in [3.8, 4) is 0 Å². The molecule has 0 radical (unpaired) electrons. The van der Waals surface area contributed by atoms with Gasteiger partial charge in [0.15, 0.2) is 0 Å². The van der Waals surface area contributed by atoms with Crippen LogP contribution < -0.4 is 0 Å². The zero-order valence-electron chi connectivity index (χ0n) is 5.22. The van der Waals surface area contributed by atoms with Gasteiger partial charge in [-0.3, -0.25) is 19.6 Å². The Morgan fingerprint density at radius 1 is 0.722 bits per heavy atom. The zero-order chi connectivity index (χ0) is 9.99. The summed E-state index contributed by atoms with van der Waals surface area (Å²) in [6, 6.07) is 0. The molecule has 0 saturated carbocycles. The third-order valence-electron chi connectivity index (χ3n) is 0.387. The summed E-state index contributed by atoms with van der Waals surface area (Å²) in [5.74, 6) is 0. The number of rotatable bonds is 2. The van der Waals surface area contributed by atoms with Crippen molar-refractivity contribution in [2.45, 2.75) is 0 Å². The number of carbonyl (C=O) groups is 1. The molecule has 18 heavy (non-hydrogen) atoms. The van der Waals surface area contributed by atoms with E-state index in [-0.39, 0.29) is 281 Å². The molecule has 0 rings (SSSR count). The van der Waals surface area contributed by atoms with E-state index in [9.17, 15) is 13.9 Å². The van der Waals surface area contributed by atoms with Gasteiger partial charge >= 0.3 is 303 Å². The van der Waals surface area contributed by atoms with Crippen LogP contribution in [0.25, 0.3) is 0 Å². The fourth-order valence-electron chi connectivity index (χ4n) is 0.211. The van der Waals surface area contributed by atoms with Gasteiger partial charge < -0.3 is 9.05 Å². The second-order valence-corrected chi connectivity index (χ2v) is 3.74. The molecule has 0 aliphatic heterocycles. The van der Waals surface area contributed by atoms with Crippen molar-refractivity contribution < 1.29 is 42.5 Å². The monoisotopic (exact) mass is 466 g/mol. The zero-order valence-corrected chi connectivity index (χ0v) is 7.01. The molecule has 17 heteroatoms. The summed E-state index contributed by atoms with van der Waals surface area (Å²) in [6.07, 6.45) is -2.14. The van der Waals surface area contributed by atoms with Gasteiger partial charge in [-0.15, -0.1) is 0 Å². The van der Waals surface area contributed by atoms with Crippen molar-refractivity contribution in [1.82, 2.24) is 0 Å². The molecule has 0 aromatic rings. The molecular weight excluding hydrogens is 454 g/mol. The molecular formula is CH12Ca2K4O9P2. The van der Waals surface area contributed by atoms with Crippen LogP contribution in [0, 0.1) is 0 Å². The van der Waals surface area contributed by atoms with E-state index in [1.165, 1.54) is 0 Å². The Hall–Kier alpha value is 8.63. The number of carbonyl (C=O) groups excluding carboxylic acids is 1. The van der Waals surface area contributed by atoms with Gasteiger partial charge in [0.25, 0.3) is 0 Å². The number of phosphoric ester groups is 2. The molecule has 0 atom stereocenters. The fourth-order valence-corrected chi connectivity index (χ4v) is 0.733. The number of hydrogen-bond donors (Lipinski definition) is 4. The molecule has 0 fully saturated rings. The Morgan fingerprint density at radius 2 is 0.889 bits per heavy atom. The van der Waals surface area contributed by atoms with Gasteiger partial charge in [-0.25, -0.2) is 13.9 Å². The van der Waals surface area contributed by atoms with Crippen LogP contribution in [0.15, 0.2) is 0 Å². The Morgan fingerprint density at radius 3 is 1.00 bits per heavy atom. The fraction of sp³-hybridized carbons (Fsp3) is 0. The molecule has 0 heterocycles. The SMILES string of the molecule is O=C(OP(=O)(O)O)OP(=O)(O)O.[CaH2].[CaH2].[KH].[KH].[KH].[KH]. The Balaban J connectivity index is -0.0000000403. The standard InChI is InChI=1S/CH4O9P2.2Ca.4K.8H/c2-1(9-11(3,4)5)10-12(6,7)8;;;;;;;;;;;;;;/h(H2,3,4,5)(H2,6,7,8);;;;;;;;;;;;;;. The predicted octanol–water partition coefficient (Wildman–Crippen LogP) is -5.10. The molecule has 0 aromatic heterocycles. The topological polar surface area (TPSA) is 151 Å². The summed E-state index contributed by atoms with van der Waals surface area (Å²) in [5, 5.41) is 0. The molecule has 0 unspecified atom stereocenters. The van der Waals surface area contributed by atoms with Crippen LogP contribution in [0.2, 0.25) is 0 Å². The molecule has 0 saturated heterocycles. The van der Waals surface area contributed by atoms with Gasteiger partial charge in [-0.05, 0) is 0 Å². The van der Waals surface area contributed by atoms with E-state index in [0.29, 0.717) is 0 Å². The van der Waals surface area contributed by atoms with Gasteiger partial charge in [-0.2, -0.15) is 0 Å². The first-order valence-corrected chi connectivity index (χ1v) is 5.20. The van der Waals surface area contributed by atoms with E-state index in [1.54, 1.807) is 0 Å². The van der Waals surface area contributed by atoms with Crippen LogP contribution in [-0.2, 0) is 18.2 Å². The molecule has 0 aliphatic carbocycles. The van der Waals surface area contributed by atoms with Gasteiger partial charge in [0.2, 0.25) is 0 Å².